The fourth-order valence-corrected chi connectivity index (χ4v) is 14.6. The van der Waals surface area contributed by atoms with Crippen LogP contribution in [-0.4, -0.2) is 127 Å². The van der Waals surface area contributed by atoms with Crippen molar-refractivity contribution < 1.29 is 194 Å². The maximum Gasteiger partial charge on any atom is 1.00 e. The summed E-state index contributed by atoms with van der Waals surface area (Å²) in [7, 11) is -12.2. The Balaban J connectivity index is 0.00000352. The molecule has 0 spiro atoms. The molecule has 0 amide bonds. The number of hydrogen-bond acceptors (Lipinski definition) is 26. The summed E-state index contributed by atoms with van der Waals surface area (Å²) < 4.78 is 71.1. The molecule has 334 valence electrons. The average molecular weight is 1070 g/mol. The quantitative estimate of drug-likeness (QED) is 0.0207. The van der Waals surface area contributed by atoms with Gasteiger partial charge in [-0.05, 0) is 12.8 Å². The third kappa shape index (κ3) is 14.7. The Morgan fingerprint density at radius 2 is 1.14 bits per heavy atom. The van der Waals surface area contributed by atoms with Gasteiger partial charge in [0.15, 0.2) is 66.5 Å². The second kappa shape index (κ2) is 26.2. The van der Waals surface area contributed by atoms with Crippen LogP contribution < -0.4 is 144 Å². The van der Waals surface area contributed by atoms with E-state index >= 15 is 0 Å². The summed E-state index contributed by atoms with van der Waals surface area (Å²) in [6.07, 6.45) is -5.89. The number of nitrogens with zero attached hydrogens (tertiary/aromatic N) is 8. The monoisotopic (exact) mass is 1070 g/mol. The normalized spacial score (nSPS) is 27.4. The molecule has 0 radical (unpaired) electrons. The average Bonchev–Trinajstić information content (AvgIpc) is 3.95. The Kier molecular flexibility index (Phi) is 25.5. The van der Waals surface area contributed by atoms with Crippen molar-refractivity contribution in [3.05, 3.63) is 25.3 Å². The number of ether oxygens (including phenoxy) is 2. The molecular weight excluding hydrogens is 1040 g/mol. The number of rotatable bonds is 20. The van der Waals surface area contributed by atoms with Crippen LogP contribution in [-0.2, 0) is 64.9 Å². The number of alkyl halides is 1. The first-order chi connectivity index (χ1) is 28.2. The van der Waals surface area contributed by atoms with Gasteiger partial charge in [-0.3, -0.25) is 22.3 Å². The van der Waals surface area contributed by atoms with Gasteiger partial charge in [0.05, 0.1) is 25.9 Å². The zero-order chi connectivity index (χ0) is 43.8. The summed E-state index contributed by atoms with van der Waals surface area (Å²) in [5, 5.41) is 48.9. The molecule has 0 aromatic carbocycles. The second-order valence-corrected chi connectivity index (χ2v) is 24.0. The number of aliphatic hydroxyl groups is 4. The van der Waals surface area contributed by atoms with Crippen LogP contribution in [0.4, 0.5) is 11.6 Å². The summed E-state index contributed by atoms with van der Waals surface area (Å²) in [6.45, 7) is -7.37. The Morgan fingerprint density at radius 3 is 1.56 bits per heavy atom. The molecule has 26 nitrogen and oxygen atoms in total. The van der Waals surface area contributed by atoms with E-state index < -0.39 is 95.9 Å². The van der Waals surface area contributed by atoms with E-state index in [-0.39, 0.29) is 130 Å². The standard InChI is InChI=1S/C27H41ClN10O16P4S2.4Na/c1-3-5-29-21-15-23(33-9-31-21)37(11-35-15)25-19(41)17(39)13(51-25)7-49-57(47,59)53-55(43,44)27(28)56(45,46)54-58(48,60)50-8-14-18(40)20(42)26(52-14)38-12-36-16-22(30-6-4-2)32-10-34-24(16)38;;;;/h9-14,17-20,25-27,39-42H,3-8H2,1-2H3,(H,43,44)(H,45,46)(H,47,59)(H,48,60)(H,29,31,33)(H,30,32,34);;;;/q;4*+1/p-4/t13-,14-,17-,18-,19-,20-,25-,26-,27?,57?,58?;;;;/m1..../s1. The van der Waals surface area contributed by atoms with Gasteiger partial charge in [0.2, 0.25) is 6.80 Å². The number of anilines is 2. The summed E-state index contributed by atoms with van der Waals surface area (Å²) in [5.74, 6) is 0.792. The molecule has 4 aromatic heterocycles. The van der Waals surface area contributed by atoms with E-state index in [4.69, 9.17) is 30.1 Å². The Hall–Kier alpha value is 2.16. The van der Waals surface area contributed by atoms with E-state index in [0.717, 1.165) is 12.8 Å². The van der Waals surface area contributed by atoms with Crippen molar-refractivity contribution in [2.75, 3.05) is 36.9 Å². The largest absolute Gasteiger partial charge is 1.00 e. The van der Waals surface area contributed by atoms with Gasteiger partial charge in [0.25, 0.3) is 0 Å². The topological polar surface area (TPSA) is 368 Å². The fourth-order valence-electron chi connectivity index (χ4n) is 5.92. The molecule has 0 saturated carbocycles. The molecule has 5 unspecified atom stereocenters. The molecule has 6 heterocycles. The molecular formula is C27H37ClN10Na4O16P4S2. The van der Waals surface area contributed by atoms with Crippen LogP contribution in [0.25, 0.3) is 22.3 Å². The zero-order valence-corrected chi connectivity index (χ0v) is 49.0. The SMILES string of the molecule is CCCNc1ncnc2c1ncn2[C@@H]1O[C@H](COP(=O)([S-])OP(=O)([O-])C(Cl)P(=O)([O-])OP([O-])(=S)OC[C@H]2O[C@@H](n3cnc4c(NCCC)ncnc43)[C@H](O)[C@@H]2O)[C@@H](O)[C@H]1O.[Na+].[Na+].[Na+].[Na+]. The number of fused-ring (bicyclic) bond motifs is 2. The number of hydrogen-bond donors (Lipinski definition) is 6. The Bertz CT molecular complexity index is 2220. The van der Waals surface area contributed by atoms with E-state index in [0.29, 0.717) is 35.8 Å². The number of halogens is 1. The molecule has 6 rings (SSSR count). The second-order valence-electron chi connectivity index (χ2n) is 13.1. The third-order valence-corrected chi connectivity index (χ3v) is 19.1. The summed E-state index contributed by atoms with van der Waals surface area (Å²) in [6, 6.07) is 0. The Morgan fingerprint density at radius 1 is 0.734 bits per heavy atom. The fraction of sp³-hybridized carbons (Fsp3) is 0.630. The van der Waals surface area contributed by atoms with Gasteiger partial charge in [0.1, 0.15) is 56.0 Å². The predicted octanol–water partition coefficient (Wildman–Crippen LogP) is -12.5. The van der Waals surface area contributed by atoms with Gasteiger partial charge in [-0.15, -0.1) is 11.6 Å². The zero-order valence-electron chi connectivity index (χ0n) is 35.0. The summed E-state index contributed by atoms with van der Waals surface area (Å²) >= 11 is 14.9. The van der Waals surface area contributed by atoms with E-state index in [1.54, 1.807) is 0 Å². The molecule has 2 aliphatic rings. The van der Waals surface area contributed by atoms with Crippen molar-refractivity contribution in [3.63, 3.8) is 0 Å². The number of imidazole rings is 2. The molecule has 2 fully saturated rings. The number of nitrogens with one attached hydrogen (secondary N) is 2. The van der Waals surface area contributed by atoms with E-state index in [2.05, 4.69) is 73.2 Å². The number of aliphatic hydroxyl groups excluding tert-OH is 4. The molecule has 13 atom stereocenters. The molecule has 2 aliphatic heterocycles. The molecule has 37 heteroatoms. The van der Waals surface area contributed by atoms with Crippen molar-refractivity contribution in [1.29, 1.82) is 0 Å². The van der Waals surface area contributed by atoms with Crippen molar-refractivity contribution in [2.45, 2.75) is 80.6 Å². The maximum atomic E-state index is 12.9. The van der Waals surface area contributed by atoms with Crippen LogP contribution in [0.15, 0.2) is 25.3 Å². The molecule has 0 aliphatic carbocycles. The first-order valence-electron chi connectivity index (χ1n) is 17.7. The van der Waals surface area contributed by atoms with Crippen molar-refractivity contribution >= 4 is 98.3 Å². The first-order valence-corrected chi connectivity index (χ1v) is 26.4. The summed E-state index contributed by atoms with van der Waals surface area (Å²) in [4.78, 5) is 60.4. The molecule has 64 heavy (non-hydrogen) atoms. The van der Waals surface area contributed by atoms with Gasteiger partial charge >= 0.3 is 118 Å². The minimum Gasteiger partial charge on any atom is -0.779 e. The third-order valence-electron chi connectivity index (χ3n) is 8.77. The van der Waals surface area contributed by atoms with E-state index in [9.17, 15) is 48.8 Å². The van der Waals surface area contributed by atoms with Gasteiger partial charge < -0.3 is 85.6 Å². The van der Waals surface area contributed by atoms with Crippen LogP contribution in [0.2, 0.25) is 0 Å². The minimum absolute atomic E-state index is 0. The molecule has 0 bridgehead atoms. The van der Waals surface area contributed by atoms with Gasteiger partial charge in [-0.2, -0.15) is 0 Å². The number of aromatic nitrogens is 8. The van der Waals surface area contributed by atoms with E-state index in [1.165, 1.54) is 34.4 Å². The smallest absolute Gasteiger partial charge is 0.779 e. The van der Waals surface area contributed by atoms with Crippen molar-refractivity contribution in [3.8, 4) is 0 Å². The minimum atomic E-state index is -6.12. The van der Waals surface area contributed by atoms with Crippen LogP contribution >= 0.6 is 40.3 Å². The van der Waals surface area contributed by atoms with Crippen LogP contribution in [0.3, 0.4) is 0 Å². The van der Waals surface area contributed by atoms with Crippen molar-refractivity contribution in [2.24, 2.45) is 0 Å². The molecule has 4 aromatic rings. The van der Waals surface area contributed by atoms with Gasteiger partial charge in [-0.1, -0.05) is 25.7 Å². The van der Waals surface area contributed by atoms with Gasteiger partial charge in [-0.25, -0.2) is 29.9 Å². The maximum absolute atomic E-state index is 12.9. The molecule has 6 N–H and O–H groups in total. The predicted molar refractivity (Wildman–Crippen MR) is 208 cm³/mol. The summed E-state index contributed by atoms with van der Waals surface area (Å²) in [5.41, 5.74) is 1.05. The van der Waals surface area contributed by atoms with Crippen LogP contribution in [0, 0.1) is 0 Å². The Labute approximate surface area is 468 Å². The molecule has 2 saturated heterocycles. The van der Waals surface area contributed by atoms with Gasteiger partial charge in [0, 0.05) is 13.1 Å². The van der Waals surface area contributed by atoms with Crippen molar-refractivity contribution in [1.82, 2.24) is 39.0 Å². The van der Waals surface area contributed by atoms with Crippen LogP contribution in [0.5, 0.6) is 0 Å². The van der Waals surface area contributed by atoms with E-state index in [1.807, 2.05) is 13.8 Å². The first kappa shape index (κ1) is 62.3. The van der Waals surface area contributed by atoms with Crippen LogP contribution in [0.1, 0.15) is 39.1 Å².